The summed E-state index contributed by atoms with van der Waals surface area (Å²) < 4.78 is 19.6. The van der Waals surface area contributed by atoms with Crippen molar-refractivity contribution in [2.45, 2.75) is 23.9 Å². The van der Waals surface area contributed by atoms with Gasteiger partial charge in [-0.15, -0.1) is 10.2 Å². The van der Waals surface area contributed by atoms with Crippen LogP contribution < -0.4 is 14.2 Å². The fourth-order valence-corrected chi connectivity index (χ4v) is 5.10. The van der Waals surface area contributed by atoms with Crippen LogP contribution in [0.3, 0.4) is 0 Å². The summed E-state index contributed by atoms with van der Waals surface area (Å²) in [6.07, 6.45) is 0. The van der Waals surface area contributed by atoms with Gasteiger partial charge in [-0.3, -0.25) is 14.7 Å². The smallest absolute Gasteiger partial charge is 0.220 e. The molecule has 9 nitrogen and oxygen atoms in total. The highest BCUT2D eigenvalue weighted by Crippen LogP contribution is 2.39. The van der Waals surface area contributed by atoms with E-state index in [0.29, 0.717) is 29.1 Å². The monoisotopic (exact) mass is 584 g/mol. The van der Waals surface area contributed by atoms with Crippen molar-refractivity contribution in [2.24, 2.45) is 0 Å². The third-order valence-electron chi connectivity index (χ3n) is 5.56. The van der Waals surface area contributed by atoms with Crippen LogP contribution in [0.15, 0.2) is 76.4 Å². The number of nitrogens with zero attached hydrogens (tertiary/aromatic N) is 4. The third kappa shape index (κ3) is 6.60. The Morgan fingerprint density at radius 3 is 2.38 bits per heavy atom. The molecule has 0 spiro atoms. The van der Waals surface area contributed by atoms with E-state index in [9.17, 15) is 10.1 Å². The van der Waals surface area contributed by atoms with E-state index in [2.05, 4.69) is 26.1 Å². The number of ether oxygens (including phenoxy) is 3. The molecule has 1 aromatic heterocycles. The van der Waals surface area contributed by atoms with Gasteiger partial charge < -0.3 is 14.2 Å². The maximum absolute atomic E-state index is 11.6. The summed E-state index contributed by atoms with van der Waals surface area (Å²) in [5, 5.41) is 20.1. The number of aromatic nitrogens is 3. The minimum Gasteiger partial charge on any atom is -0.497 e. The largest absolute Gasteiger partial charge is 0.497 e. The topological polar surface area (TPSA) is 102 Å². The molecule has 192 valence electrons. The molecule has 0 fully saturated rings. The highest BCUT2D eigenvalue weighted by Gasteiger charge is 2.25. The van der Waals surface area contributed by atoms with Crippen molar-refractivity contribution in [3.05, 3.63) is 98.3 Å². The maximum Gasteiger partial charge on any atom is 0.220 e. The van der Waals surface area contributed by atoms with Crippen molar-refractivity contribution < 1.29 is 19.1 Å². The molecule has 0 amide bonds. The Hall–Kier alpha value is -3.57. The number of halogens is 1. The Morgan fingerprint density at radius 2 is 1.73 bits per heavy atom. The van der Waals surface area contributed by atoms with Gasteiger partial charge in [0.05, 0.1) is 14.2 Å². The molecule has 4 aromatic rings. The zero-order valence-electron chi connectivity index (χ0n) is 20.5. The highest BCUT2D eigenvalue weighted by molar-refractivity contribution is 9.10. The number of nitro groups is 1. The van der Waals surface area contributed by atoms with E-state index >= 15 is 0 Å². The Kier molecular flexibility index (Phi) is 8.67. The minimum absolute atomic E-state index is 0.304. The van der Waals surface area contributed by atoms with Crippen LogP contribution in [-0.2, 0) is 6.61 Å². The molecule has 37 heavy (non-hydrogen) atoms. The van der Waals surface area contributed by atoms with Crippen LogP contribution in [-0.4, -0.2) is 40.5 Å². The molecule has 0 aliphatic carbocycles. The molecule has 0 saturated carbocycles. The average Bonchev–Trinajstić information content (AvgIpc) is 3.27. The van der Waals surface area contributed by atoms with Gasteiger partial charge in [0.2, 0.25) is 6.54 Å². The van der Waals surface area contributed by atoms with Gasteiger partial charge in [0.25, 0.3) is 0 Å². The normalized spacial score (nSPS) is 11.7. The number of benzene rings is 3. The fraction of sp³-hybridized carbons (Fsp3) is 0.231. The Balaban J connectivity index is 1.59. The second-order valence-corrected chi connectivity index (χ2v) is 10.1. The van der Waals surface area contributed by atoms with E-state index in [1.807, 2.05) is 66.1 Å². The van der Waals surface area contributed by atoms with Crippen molar-refractivity contribution in [1.82, 2.24) is 14.8 Å². The van der Waals surface area contributed by atoms with Crippen LogP contribution in [0.5, 0.6) is 17.2 Å². The zero-order valence-corrected chi connectivity index (χ0v) is 22.9. The second-order valence-electron chi connectivity index (χ2n) is 8.01. The van der Waals surface area contributed by atoms with Crippen molar-refractivity contribution in [3.8, 4) is 22.9 Å². The Bertz CT molecular complexity index is 1360. The van der Waals surface area contributed by atoms with Gasteiger partial charge in [0, 0.05) is 15.1 Å². The first-order valence-electron chi connectivity index (χ1n) is 11.3. The van der Waals surface area contributed by atoms with Crippen LogP contribution in [0.4, 0.5) is 0 Å². The van der Waals surface area contributed by atoms with Crippen molar-refractivity contribution >= 4 is 27.7 Å². The summed E-state index contributed by atoms with van der Waals surface area (Å²) >= 11 is 4.70. The van der Waals surface area contributed by atoms with Gasteiger partial charge in [0.1, 0.15) is 23.4 Å². The van der Waals surface area contributed by atoms with E-state index in [1.54, 1.807) is 26.4 Å². The second kappa shape index (κ2) is 12.1. The number of aryl methyl sites for hydroxylation is 1. The van der Waals surface area contributed by atoms with Gasteiger partial charge in [-0.25, -0.2) is 0 Å². The quantitative estimate of drug-likeness (QED) is 0.119. The number of thioether (sulfide) groups is 1. The number of hydrogen-bond acceptors (Lipinski definition) is 8. The SMILES string of the molecule is COc1ccc(-n2c(C)nnc2S[C@H](C[N+](=O)[O-])c2ccc(OCc3ccc(Br)cc3)c(OC)c2)cc1. The molecule has 1 heterocycles. The van der Waals surface area contributed by atoms with E-state index in [1.165, 1.54) is 11.8 Å². The molecule has 0 aliphatic heterocycles. The summed E-state index contributed by atoms with van der Waals surface area (Å²) in [4.78, 5) is 11.3. The van der Waals surface area contributed by atoms with E-state index in [-0.39, 0.29) is 11.5 Å². The van der Waals surface area contributed by atoms with Crippen LogP contribution in [0, 0.1) is 17.0 Å². The summed E-state index contributed by atoms with van der Waals surface area (Å²) in [6, 6.07) is 20.7. The average molecular weight is 585 g/mol. The van der Waals surface area contributed by atoms with Crippen molar-refractivity contribution in [3.63, 3.8) is 0 Å². The Morgan fingerprint density at radius 1 is 1.00 bits per heavy atom. The molecule has 0 aliphatic rings. The molecular formula is C26H25BrN4O5S. The zero-order chi connectivity index (χ0) is 26.4. The van der Waals surface area contributed by atoms with E-state index in [0.717, 1.165) is 27.0 Å². The molecule has 0 bridgehead atoms. The van der Waals surface area contributed by atoms with Gasteiger partial charge in [-0.05, 0) is 66.6 Å². The predicted molar refractivity (Wildman–Crippen MR) is 145 cm³/mol. The summed E-state index contributed by atoms with van der Waals surface area (Å²) in [7, 11) is 3.15. The van der Waals surface area contributed by atoms with Crippen molar-refractivity contribution in [2.75, 3.05) is 20.8 Å². The first-order chi connectivity index (χ1) is 17.9. The molecular weight excluding hydrogens is 560 g/mol. The first-order valence-corrected chi connectivity index (χ1v) is 12.9. The minimum atomic E-state index is -0.537. The van der Waals surface area contributed by atoms with Gasteiger partial charge in [0.15, 0.2) is 16.7 Å². The third-order valence-corrected chi connectivity index (χ3v) is 7.26. The van der Waals surface area contributed by atoms with Crippen molar-refractivity contribution in [1.29, 1.82) is 0 Å². The molecule has 0 unspecified atom stereocenters. The summed E-state index contributed by atoms with van der Waals surface area (Å²) in [6.45, 7) is 1.89. The molecule has 0 saturated heterocycles. The van der Waals surface area contributed by atoms with Gasteiger partial charge in [-0.2, -0.15) is 0 Å². The van der Waals surface area contributed by atoms with Gasteiger partial charge >= 0.3 is 0 Å². The van der Waals surface area contributed by atoms with Crippen LogP contribution in [0.1, 0.15) is 22.2 Å². The number of hydrogen-bond donors (Lipinski definition) is 0. The highest BCUT2D eigenvalue weighted by atomic mass is 79.9. The lowest BCUT2D eigenvalue weighted by atomic mass is 10.1. The lowest BCUT2D eigenvalue weighted by Crippen LogP contribution is -2.11. The molecule has 0 N–H and O–H groups in total. The maximum atomic E-state index is 11.6. The predicted octanol–water partition coefficient (Wildman–Crippen LogP) is 6.04. The van der Waals surface area contributed by atoms with E-state index in [4.69, 9.17) is 14.2 Å². The molecule has 0 radical (unpaired) electrons. The standard InChI is InChI=1S/C26H25BrN4O5S/c1-17-28-29-26(31(17)21-9-11-22(34-2)12-10-21)37-25(15-30(32)33)19-6-13-23(24(14-19)35-3)36-16-18-4-7-20(27)8-5-18/h4-14,25H,15-16H2,1-3H3/t25-/m1/s1. The number of methoxy groups -OCH3 is 2. The molecule has 4 rings (SSSR count). The fourth-order valence-electron chi connectivity index (χ4n) is 3.67. The lowest BCUT2D eigenvalue weighted by molar-refractivity contribution is -0.479. The Labute approximate surface area is 227 Å². The van der Waals surface area contributed by atoms with Crippen LogP contribution >= 0.6 is 27.7 Å². The summed E-state index contributed by atoms with van der Waals surface area (Å²) in [5.41, 5.74) is 2.56. The summed E-state index contributed by atoms with van der Waals surface area (Å²) in [5.74, 6) is 2.44. The number of rotatable bonds is 11. The van der Waals surface area contributed by atoms with Crippen LogP contribution in [0.25, 0.3) is 5.69 Å². The van der Waals surface area contributed by atoms with E-state index < -0.39 is 5.25 Å². The molecule has 1 atom stereocenters. The molecule has 11 heteroatoms. The molecule has 3 aromatic carbocycles. The first kappa shape index (κ1) is 26.5. The van der Waals surface area contributed by atoms with Gasteiger partial charge in [-0.1, -0.05) is 45.9 Å². The van der Waals surface area contributed by atoms with Crippen LogP contribution in [0.2, 0.25) is 0 Å². The lowest BCUT2D eigenvalue weighted by Gasteiger charge is -2.17.